The van der Waals surface area contributed by atoms with Gasteiger partial charge in [0.15, 0.2) is 0 Å². The van der Waals surface area contributed by atoms with Crippen molar-refractivity contribution in [3.63, 3.8) is 0 Å². The Morgan fingerprint density at radius 3 is 2.52 bits per heavy atom. The second-order valence-electron chi connectivity index (χ2n) is 9.06. The summed E-state index contributed by atoms with van der Waals surface area (Å²) >= 11 is 0. The molecule has 1 amide bonds. The number of anilines is 1. The number of piperazine rings is 1. The Labute approximate surface area is 174 Å². The SMILES string of the molecule is Cc1ccc2cc(N3CCC(C(=O)N4CCN(C(C)C)[C@@H](C)C4)CC3)ccc2n1. The molecule has 1 aromatic carbocycles. The maximum atomic E-state index is 13.1. The van der Waals surface area contributed by atoms with Crippen LogP contribution in [0, 0.1) is 12.8 Å². The van der Waals surface area contributed by atoms with Gasteiger partial charge in [0.25, 0.3) is 0 Å². The standard InChI is InChI=1S/C24H34N4O/c1-17(2)28-14-13-27(16-19(28)4)24(29)20-9-11-26(12-10-20)22-7-8-23-21(15-22)6-5-18(3)25-23/h5-8,15,17,19-20H,9-14,16H2,1-4H3/t19-/m0/s1. The minimum atomic E-state index is 0.175. The minimum absolute atomic E-state index is 0.175. The monoisotopic (exact) mass is 394 g/mol. The summed E-state index contributed by atoms with van der Waals surface area (Å²) in [5.41, 5.74) is 3.34. The Hall–Kier alpha value is -2.14. The van der Waals surface area contributed by atoms with E-state index in [-0.39, 0.29) is 5.92 Å². The lowest BCUT2D eigenvalue weighted by molar-refractivity contribution is -0.139. The summed E-state index contributed by atoms with van der Waals surface area (Å²) in [5, 5.41) is 1.18. The number of carbonyl (C=O) groups excluding carboxylic acids is 1. The second kappa shape index (κ2) is 8.31. The lowest BCUT2D eigenvalue weighted by Crippen LogP contribution is -2.57. The van der Waals surface area contributed by atoms with E-state index >= 15 is 0 Å². The maximum absolute atomic E-state index is 13.1. The van der Waals surface area contributed by atoms with Gasteiger partial charge in [-0.15, -0.1) is 0 Å². The molecular formula is C24H34N4O. The van der Waals surface area contributed by atoms with Crippen LogP contribution in [0.4, 0.5) is 5.69 Å². The summed E-state index contributed by atoms with van der Waals surface area (Å²) in [6.45, 7) is 13.4. The van der Waals surface area contributed by atoms with Gasteiger partial charge in [-0.3, -0.25) is 14.7 Å². The predicted octanol–water partition coefficient (Wildman–Crippen LogP) is 3.70. The molecule has 4 rings (SSSR count). The molecule has 3 heterocycles. The molecule has 156 valence electrons. The van der Waals surface area contributed by atoms with Crippen LogP contribution in [-0.4, -0.2) is 65.5 Å². The van der Waals surface area contributed by atoms with Crippen molar-refractivity contribution in [1.29, 1.82) is 0 Å². The molecule has 0 saturated carbocycles. The number of pyridine rings is 1. The Bertz CT molecular complexity index is 872. The van der Waals surface area contributed by atoms with Crippen LogP contribution in [0.3, 0.4) is 0 Å². The van der Waals surface area contributed by atoms with E-state index in [1.807, 2.05) is 6.92 Å². The maximum Gasteiger partial charge on any atom is 0.225 e. The van der Waals surface area contributed by atoms with Crippen molar-refractivity contribution < 1.29 is 4.79 Å². The number of hydrogen-bond acceptors (Lipinski definition) is 4. The highest BCUT2D eigenvalue weighted by Gasteiger charge is 2.33. The number of fused-ring (bicyclic) bond motifs is 1. The van der Waals surface area contributed by atoms with Crippen molar-refractivity contribution in [3.05, 3.63) is 36.0 Å². The van der Waals surface area contributed by atoms with Gasteiger partial charge in [-0.25, -0.2) is 0 Å². The highest BCUT2D eigenvalue weighted by atomic mass is 16.2. The van der Waals surface area contributed by atoms with Gasteiger partial charge in [0.2, 0.25) is 5.91 Å². The summed E-state index contributed by atoms with van der Waals surface area (Å²) in [6, 6.07) is 11.7. The first-order chi connectivity index (χ1) is 13.9. The number of piperidine rings is 1. The predicted molar refractivity (Wildman–Crippen MR) is 119 cm³/mol. The van der Waals surface area contributed by atoms with E-state index in [4.69, 9.17) is 0 Å². The third-order valence-corrected chi connectivity index (χ3v) is 6.68. The van der Waals surface area contributed by atoms with Crippen molar-refractivity contribution in [3.8, 4) is 0 Å². The first-order valence-electron chi connectivity index (χ1n) is 11.1. The fourth-order valence-electron chi connectivity index (χ4n) is 4.99. The van der Waals surface area contributed by atoms with Gasteiger partial charge < -0.3 is 9.80 Å². The third kappa shape index (κ3) is 4.25. The summed E-state index contributed by atoms with van der Waals surface area (Å²) in [5.74, 6) is 0.548. The largest absolute Gasteiger partial charge is 0.371 e. The molecule has 1 aromatic heterocycles. The van der Waals surface area contributed by atoms with Gasteiger partial charge in [0.05, 0.1) is 5.52 Å². The van der Waals surface area contributed by atoms with E-state index < -0.39 is 0 Å². The quantitative estimate of drug-likeness (QED) is 0.796. The fraction of sp³-hybridized carbons (Fsp3) is 0.583. The van der Waals surface area contributed by atoms with Crippen molar-refractivity contribution in [2.24, 2.45) is 5.92 Å². The molecule has 2 aromatic rings. The van der Waals surface area contributed by atoms with Crippen LogP contribution in [0.15, 0.2) is 30.3 Å². The van der Waals surface area contributed by atoms with Crippen molar-refractivity contribution >= 4 is 22.5 Å². The van der Waals surface area contributed by atoms with Gasteiger partial charge in [0.1, 0.15) is 0 Å². The molecule has 5 heteroatoms. The zero-order valence-electron chi connectivity index (χ0n) is 18.3. The van der Waals surface area contributed by atoms with E-state index in [1.165, 1.54) is 11.1 Å². The minimum Gasteiger partial charge on any atom is -0.371 e. The number of aromatic nitrogens is 1. The molecule has 0 aliphatic carbocycles. The number of benzene rings is 1. The van der Waals surface area contributed by atoms with E-state index in [0.29, 0.717) is 18.0 Å². The van der Waals surface area contributed by atoms with Crippen LogP contribution in [0.1, 0.15) is 39.3 Å². The summed E-state index contributed by atoms with van der Waals surface area (Å²) in [4.78, 5) is 24.7. The van der Waals surface area contributed by atoms with Crippen molar-refractivity contribution in [2.75, 3.05) is 37.6 Å². The Balaban J connectivity index is 1.36. The Kier molecular flexibility index (Phi) is 5.77. The normalized spacial score (nSPS) is 21.9. The van der Waals surface area contributed by atoms with E-state index in [0.717, 1.165) is 56.8 Å². The first-order valence-corrected chi connectivity index (χ1v) is 11.1. The topological polar surface area (TPSA) is 39.7 Å². The van der Waals surface area contributed by atoms with Gasteiger partial charge in [0, 0.05) is 67.5 Å². The molecule has 1 atom stereocenters. The van der Waals surface area contributed by atoms with Crippen LogP contribution in [0.25, 0.3) is 10.9 Å². The average Bonchev–Trinajstić information content (AvgIpc) is 2.72. The zero-order valence-corrected chi connectivity index (χ0v) is 18.3. The molecule has 0 unspecified atom stereocenters. The molecule has 0 radical (unpaired) electrons. The molecular weight excluding hydrogens is 360 g/mol. The lowest BCUT2D eigenvalue weighted by Gasteiger charge is -2.43. The highest BCUT2D eigenvalue weighted by Crippen LogP contribution is 2.28. The number of amides is 1. The molecule has 2 saturated heterocycles. The van der Waals surface area contributed by atoms with E-state index in [9.17, 15) is 4.79 Å². The molecule has 2 fully saturated rings. The molecule has 2 aliphatic heterocycles. The van der Waals surface area contributed by atoms with Crippen LogP contribution in [0.2, 0.25) is 0 Å². The fourth-order valence-corrected chi connectivity index (χ4v) is 4.99. The van der Waals surface area contributed by atoms with Crippen molar-refractivity contribution in [2.45, 2.75) is 52.6 Å². The van der Waals surface area contributed by atoms with E-state index in [2.05, 4.69) is 70.8 Å². The molecule has 0 bridgehead atoms. The lowest BCUT2D eigenvalue weighted by atomic mass is 9.94. The summed E-state index contributed by atoms with van der Waals surface area (Å²) in [7, 11) is 0. The summed E-state index contributed by atoms with van der Waals surface area (Å²) < 4.78 is 0. The first kappa shape index (κ1) is 20.1. The highest BCUT2D eigenvalue weighted by molar-refractivity contribution is 5.83. The smallest absolute Gasteiger partial charge is 0.225 e. The molecule has 0 spiro atoms. The van der Waals surface area contributed by atoms with Crippen LogP contribution >= 0.6 is 0 Å². The van der Waals surface area contributed by atoms with Gasteiger partial charge in [-0.1, -0.05) is 6.07 Å². The number of rotatable bonds is 3. The summed E-state index contributed by atoms with van der Waals surface area (Å²) in [6.07, 6.45) is 1.89. The number of nitrogens with zero attached hydrogens (tertiary/aromatic N) is 4. The van der Waals surface area contributed by atoms with Crippen LogP contribution in [0.5, 0.6) is 0 Å². The van der Waals surface area contributed by atoms with E-state index in [1.54, 1.807) is 0 Å². The van der Waals surface area contributed by atoms with Gasteiger partial charge in [-0.2, -0.15) is 0 Å². The van der Waals surface area contributed by atoms with Crippen LogP contribution in [-0.2, 0) is 4.79 Å². The molecule has 0 N–H and O–H groups in total. The second-order valence-corrected chi connectivity index (χ2v) is 9.06. The third-order valence-electron chi connectivity index (χ3n) is 6.68. The Morgan fingerprint density at radius 1 is 1.07 bits per heavy atom. The molecule has 29 heavy (non-hydrogen) atoms. The average molecular weight is 395 g/mol. The van der Waals surface area contributed by atoms with Crippen molar-refractivity contribution in [1.82, 2.24) is 14.8 Å². The van der Waals surface area contributed by atoms with Gasteiger partial charge in [-0.05, 0) is 64.8 Å². The molecule has 2 aliphatic rings. The Morgan fingerprint density at radius 2 is 1.83 bits per heavy atom. The number of hydrogen-bond donors (Lipinski definition) is 0. The van der Waals surface area contributed by atoms with Crippen LogP contribution < -0.4 is 4.90 Å². The zero-order chi connectivity index (χ0) is 20.5. The molecule has 5 nitrogen and oxygen atoms in total. The number of aryl methyl sites for hydroxylation is 1. The van der Waals surface area contributed by atoms with Gasteiger partial charge >= 0.3 is 0 Å². The number of carbonyl (C=O) groups is 1.